The van der Waals surface area contributed by atoms with E-state index in [4.69, 9.17) is 4.74 Å². The highest BCUT2D eigenvalue weighted by Gasteiger charge is 2.14. The zero-order valence-corrected chi connectivity index (χ0v) is 10.3. The molecule has 93 valence electrons. The fourth-order valence-corrected chi connectivity index (χ4v) is 1.82. The lowest BCUT2D eigenvalue weighted by molar-refractivity contribution is 0.0568. The molecule has 0 bridgehead atoms. The van der Waals surface area contributed by atoms with Gasteiger partial charge >= 0.3 is 5.97 Å². The van der Waals surface area contributed by atoms with Gasteiger partial charge in [-0.2, -0.15) is 0 Å². The summed E-state index contributed by atoms with van der Waals surface area (Å²) < 4.78 is 5.53. The molecule has 0 unspecified atom stereocenters. The summed E-state index contributed by atoms with van der Waals surface area (Å²) in [5.41, 5.74) is 0.116. The second kappa shape index (κ2) is 5.54. The van der Waals surface area contributed by atoms with Crippen LogP contribution in [0.4, 0.5) is 0 Å². The van der Waals surface area contributed by atoms with Crippen molar-refractivity contribution in [1.29, 1.82) is 0 Å². The molecule has 2 aromatic rings. The van der Waals surface area contributed by atoms with Gasteiger partial charge in [0.25, 0.3) is 0 Å². The third kappa shape index (κ3) is 2.62. The molecule has 1 radical (unpaired) electrons. The van der Waals surface area contributed by atoms with Crippen molar-refractivity contribution in [2.45, 2.75) is 19.8 Å². The number of ether oxygens (including phenoxy) is 1. The Morgan fingerprint density at radius 3 is 2.44 bits per heavy atom. The van der Waals surface area contributed by atoms with Gasteiger partial charge in [-0.1, -0.05) is 37.6 Å². The molecule has 0 aliphatic heterocycles. The fraction of sp³-hybridized carbons (Fsp3) is 0.267. The molecule has 0 saturated heterocycles. The lowest BCUT2D eigenvalue weighted by Gasteiger charge is -2.09. The molecule has 0 aliphatic carbocycles. The van der Waals surface area contributed by atoms with Gasteiger partial charge in [-0.15, -0.1) is 0 Å². The Morgan fingerprint density at radius 1 is 1.17 bits per heavy atom. The summed E-state index contributed by atoms with van der Waals surface area (Å²) in [5.74, 6) is -0.811. The highest BCUT2D eigenvalue weighted by molar-refractivity contribution is 5.97. The van der Waals surface area contributed by atoms with Crippen molar-refractivity contribution in [3.05, 3.63) is 42.0 Å². The van der Waals surface area contributed by atoms with Crippen molar-refractivity contribution in [1.82, 2.24) is 0 Å². The molecule has 2 aromatic carbocycles. The maximum atomic E-state index is 11.1. The first-order valence-corrected chi connectivity index (χ1v) is 6.09. The Morgan fingerprint density at radius 2 is 1.83 bits per heavy atom. The van der Waals surface area contributed by atoms with Gasteiger partial charge in [0.15, 0.2) is 0 Å². The van der Waals surface area contributed by atoms with E-state index < -0.39 is 5.97 Å². The SMILES string of the molecule is CCCCOc1cc2ccccc2cc1C([O])=O. The fourth-order valence-electron chi connectivity index (χ4n) is 1.82. The van der Waals surface area contributed by atoms with E-state index in [2.05, 4.69) is 6.92 Å². The molecule has 2 rings (SSSR count). The largest absolute Gasteiger partial charge is 0.493 e. The summed E-state index contributed by atoms with van der Waals surface area (Å²) >= 11 is 0. The summed E-state index contributed by atoms with van der Waals surface area (Å²) in [7, 11) is 0. The van der Waals surface area contributed by atoms with E-state index in [1.54, 1.807) is 12.1 Å². The molecule has 0 N–H and O–H groups in total. The molecule has 0 fully saturated rings. The first-order valence-electron chi connectivity index (χ1n) is 6.09. The van der Waals surface area contributed by atoms with E-state index in [0.717, 1.165) is 23.6 Å². The van der Waals surface area contributed by atoms with Gasteiger partial charge in [-0.25, -0.2) is 9.90 Å². The topological polar surface area (TPSA) is 46.2 Å². The Hall–Kier alpha value is -2.03. The molecule has 0 aromatic heterocycles. The Bertz CT molecular complexity index is 561. The second-order valence-electron chi connectivity index (χ2n) is 4.18. The molecule has 0 saturated carbocycles. The van der Waals surface area contributed by atoms with Crippen LogP contribution in [0.5, 0.6) is 5.75 Å². The lowest BCUT2D eigenvalue weighted by Crippen LogP contribution is -2.03. The molecule has 0 spiro atoms. The molecule has 0 amide bonds. The van der Waals surface area contributed by atoms with Crippen molar-refractivity contribution < 1.29 is 14.6 Å². The third-order valence-electron chi connectivity index (χ3n) is 2.82. The Balaban J connectivity index is 2.41. The average molecular weight is 243 g/mol. The van der Waals surface area contributed by atoms with E-state index in [1.165, 1.54) is 0 Å². The molecular weight excluding hydrogens is 228 g/mol. The van der Waals surface area contributed by atoms with Crippen molar-refractivity contribution in [3.63, 3.8) is 0 Å². The number of unbranched alkanes of at least 4 members (excludes halogenated alkanes) is 1. The van der Waals surface area contributed by atoms with Crippen molar-refractivity contribution in [2.24, 2.45) is 0 Å². The van der Waals surface area contributed by atoms with Gasteiger partial charge in [0.2, 0.25) is 0 Å². The van der Waals surface area contributed by atoms with Gasteiger partial charge in [0, 0.05) is 0 Å². The first kappa shape index (κ1) is 12.4. The van der Waals surface area contributed by atoms with Crippen molar-refractivity contribution in [2.75, 3.05) is 6.61 Å². The molecule has 0 atom stereocenters. The van der Waals surface area contributed by atoms with E-state index in [9.17, 15) is 9.90 Å². The maximum Gasteiger partial charge on any atom is 0.390 e. The van der Waals surface area contributed by atoms with Crippen LogP contribution in [0, 0.1) is 0 Å². The van der Waals surface area contributed by atoms with Crippen LogP contribution in [0.15, 0.2) is 36.4 Å². The monoisotopic (exact) mass is 243 g/mol. The van der Waals surface area contributed by atoms with Gasteiger partial charge in [-0.05, 0) is 29.3 Å². The molecule has 18 heavy (non-hydrogen) atoms. The van der Waals surface area contributed by atoms with Gasteiger partial charge < -0.3 is 4.74 Å². The van der Waals surface area contributed by atoms with Gasteiger partial charge in [0.05, 0.1) is 6.61 Å². The number of hydrogen-bond donors (Lipinski definition) is 0. The van der Waals surface area contributed by atoms with Gasteiger partial charge in [-0.3, -0.25) is 0 Å². The predicted octanol–water partition coefficient (Wildman–Crippen LogP) is 3.59. The number of carbonyl (C=O) groups excluding carboxylic acids is 1. The van der Waals surface area contributed by atoms with Crippen molar-refractivity contribution >= 4 is 16.7 Å². The lowest BCUT2D eigenvalue weighted by atomic mass is 10.1. The molecular formula is C15H15O3. The maximum absolute atomic E-state index is 11.1. The van der Waals surface area contributed by atoms with Crippen LogP contribution < -0.4 is 4.74 Å². The average Bonchev–Trinajstić information content (AvgIpc) is 2.38. The zero-order chi connectivity index (χ0) is 13.0. The summed E-state index contributed by atoms with van der Waals surface area (Å²) in [6.07, 6.45) is 1.91. The Labute approximate surface area is 106 Å². The van der Waals surface area contributed by atoms with E-state index >= 15 is 0 Å². The minimum Gasteiger partial charge on any atom is -0.493 e. The summed E-state index contributed by atoms with van der Waals surface area (Å²) in [5, 5.41) is 12.9. The van der Waals surface area contributed by atoms with Crippen LogP contribution in [0.25, 0.3) is 10.8 Å². The Kier molecular flexibility index (Phi) is 3.82. The van der Waals surface area contributed by atoms with E-state index in [1.807, 2.05) is 24.3 Å². The number of carbonyl (C=O) groups is 1. The zero-order valence-electron chi connectivity index (χ0n) is 10.3. The number of rotatable bonds is 5. The number of fused-ring (bicyclic) bond motifs is 1. The highest BCUT2D eigenvalue weighted by Crippen LogP contribution is 2.26. The first-order chi connectivity index (χ1) is 8.72. The van der Waals surface area contributed by atoms with Crippen LogP contribution in [0.1, 0.15) is 30.1 Å². The standard InChI is InChI=1S/C15H15O3/c1-2-3-8-18-14-10-12-7-5-4-6-11(12)9-13(14)15(16)17/h4-7,9-10H,2-3,8H2,1H3. The van der Waals surface area contributed by atoms with Crippen LogP contribution in [-0.4, -0.2) is 12.6 Å². The molecule has 3 nitrogen and oxygen atoms in total. The van der Waals surface area contributed by atoms with E-state index in [0.29, 0.717) is 12.4 Å². The van der Waals surface area contributed by atoms with Crippen LogP contribution in [0.3, 0.4) is 0 Å². The molecule has 3 heteroatoms. The highest BCUT2D eigenvalue weighted by atomic mass is 16.5. The summed E-state index contributed by atoms with van der Waals surface area (Å²) in [4.78, 5) is 11.1. The van der Waals surface area contributed by atoms with Crippen LogP contribution >= 0.6 is 0 Å². The minimum absolute atomic E-state index is 0.116. The number of benzene rings is 2. The molecule has 0 heterocycles. The third-order valence-corrected chi connectivity index (χ3v) is 2.82. The summed E-state index contributed by atoms with van der Waals surface area (Å²) in [6, 6.07) is 11.0. The van der Waals surface area contributed by atoms with Crippen LogP contribution in [-0.2, 0) is 5.11 Å². The quantitative estimate of drug-likeness (QED) is 0.753. The molecule has 0 aliphatic rings. The van der Waals surface area contributed by atoms with Crippen LogP contribution in [0.2, 0.25) is 0 Å². The number of hydrogen-bond acceptors (Lipinski definition) is 2. The van der Waals surface area contributed by atoms with Crippen molar-refractivity contribution in [3.8, 4) is 5.75 Å². The predicted molar refractivity (Wildman–Crippen MR) is 69.4 cm³/mol. The summed E-state index contributed by atoms with van der Waals surface area (Å²) in [6.45, 7) is 2.58. The minimum atomic E-state index is -1.20. The normalized spacial score (nSPS) is 10.5. The smallest absolute Gasteiger partial charge is 0.390 e. The van der Waals surface area contributed by atoms with Gasteiger partial charge in [0.1, 0.15) is 11.3 Å². The van der Waals surface area contributed by atoms with E-state index in [-0.39, 0.29) is 5.56 Å². The second-order valence-corrected chi connectivity index (χ2v) is 4.18.